The van der Waals surface area contributed by atoms with Gasteiger partial charge in [0.2, 0.25) is 0 Å². The van der Waals surface area contributed by atoms with E-state index in [0.717, 1.165) is 13.1 Å². The predicted octanol–water partition coefficient (Wildman–Crippen LogP) is 1.48. The zero-order valence-electron chi connectivity index (χ0n) is 11.7. The summed E-state index contributed by atoms with van der Waals surface area (Å²) < 4.78 is 0. The number of hydrogen-bond acceptors (Lipinski definition) is 4. The van der Waals surface area contributed by atoms with E-state index in [1.165, 1.54) is 43.9 Å². The van der Waals surface area contributed by atoms with E-state index in [1.807, 2.05) is 0 Å². The summed E-state index contributed by atoms with van der Waals surface area (Å²) in [4.78, 5) is 4.89. The lowest BCUT2D eigenvalue weighted by molar-refractivity contribution is 0.104. The molecular weight excluding hydrogens is 230 g/mol. The van der Waals surface area contributed by atoms with Crippen molar-refractivity contribution in [3.63, 3.8) is 0 Å². The van der Waals surface area contributed by atoms with E-state index in [0.29, 0.717) is 0 Å². The maximum atomic E-state index is 6.08. The average molecular weight is 259 g/mol. The molecule has 1 atom stereocenters. The summed E-state index contributed by atoms with van der Waals surface area (Å²) >= 11 is 2.08. The molecule has 3 nitrogen and oxygen atoms in total. The van der Waals surface area contributed by atoms with Gasteiger partial charge in [0.1, 0.15) is 0 Å². The molecular formula is C13H29N3S. The zero-order chi connectivity index (χ0) is 12.7. The van der Waals surface area contributed by atoms with Crippen LogP contribution >= 0.6 is 11.8 Å². The first kappa shape index (κ1) is 15.3. The SMILES string of the molecule is CCN(CCCN(C)C)C1(CN)CCCSC1. The minimum Gasteiger partial charge on any atom is -0.329 e. The molecule has 0 aromatic rings. The molecule has 0 aliphatic carbocycles. The van der Waals surface area contributed by atoms with Gasteiger partial charge < -0.3 is 10.6 Å². The van der Waals surface area contributed by atoms with E-state index >= 15 is 0 Å². The van der Waals surface area contributed by atoms with Gasteiger partial charge in [-0.05, 0) is 58.7 Å². The molecule has 2 N–H and O–H groups in total. The quantitative estimate of drug-likeness (QED) is 0.751. The van der Waals surface area contributed by atoms with E-state index in [-0.39, 0.29) is 5.54 Å². The highest BCUT2D eigenvalue weighted by atomic mass is 32.2. The van der Waals surface area contributed by atoms with E-state index in [2.05, 4.69) is 42.6 Å². The van der Waals surface area contributed by atoms with Crippen molar-refractivity contribution in [2.45, 2.75) is 31.7 Å². The molecule has 0 aromatic carbocycles. The lowest BCUT2D eigenvalue weighted by Crippen LogP contribution is -2.57. The second kappa shape index (κ2) is 7.62. The fourth-order valence-electron chi connectivity index (χ4n) is 2.69. The molecule has 1 fully saturated rings. The van der Waals surface area contributed by atoms with E-state index in [1.54, 1.807) is 0 Å². The Hall–Kier alpha value is 0.230. The van der Waals surface area contributed by atoms with Crippen molar-refractivity contribution in [3.05, 3.63) is 0 Å². The summed E-state index contributed by atoms with van der Waals surface area (Å²) in [6, 6.07) is 0. The third-order valence-corrected chi connectivity index (χ3v) is 5.09. The molecule has 1 rings (SSSR count). The monoisotopic (exact) mass is 259 g/mol. The van der Waals surface area contributed by atoms with Crippen LogP contribution in [0.3, 0.4) is 0 Å². The van der Waals surface area contributed by atoms with Crippen LogP contribution in [0.4, 0.5) is 0 Å². The first-order valence-corrected chi connectivity index (χ1v) is 7.97. The standard InChI is InChI=1S/C13H29N3S/c1-4-16(9-6-8-15(2)3)13(11-14)7-5-10-17-12-13/h4-12,14H2,1-3H3. The Bertz CT molecular complexity index is 203. The summed E-state index contributed by atoms with van der Waals surface area (Å²) in [6.45, 7) is 6.57. The van der Waals surface area contributed by atoms with Gasteiger partial charge in [-0.25, -0.2) is 0 Å². The third kappa shape index (κ3) is 4.43. The Balaban J connectivity index is 2.50. The molecule has 0 bridgehead atoms. The van der Waals surface area contributed by atoms with Gasteiger partial charge in [-0.1, -0.05) is 6.92 Å². The second-order valence-corrected chi connectivity index (χ2v) is 6.43. The number of hydrogen-bond donors (Lipinski definition) is 1. The Labute approximate surface area is 111 Å². The number of likely N-dealkylation sites (N-methyl/N-ethyl adjacent to an activating group) is 1. The maximum absolute atomic E-state index is 6.08. The Morgan fingerprint density at radius 2 is 2.06 bits per heavy atom. The van der Waals surface area contributed by atoms with Crippen molar-refractivity contribution < 1.29 is 0 Å². The number of nitrogens with two attached hydrogens (primary N) is 1. The van der Waals surface area contributed by atoms with Crippen LogP contribution in [0.2, 0.25) is 0 Å². The van der Waals surface area contributed by atoms with Gasteiger partial charge in [-0.15, -0.1) is 0 Å². The molecule has 102 valence electrons. The molecule has 1 aliphatic heterocycles. The number of rotatable bonds is 7. The van der Waals surface area contributed by atoms with Crippen LogP contribution in [-0.4, -0.2) is 67.1 Å². The minimum atomic E-state index is 0.282. The predicted molar refractivity (Wildman–Crippen MR) is 78.8 cm³/mol. The van der Waals surface area contributed by atoms with Crippen LogP contribution in [0.25, 0.3) is 0 Å². The van der Waals surface area contributed by atoms with Crippen LogP contribution in [0, 0.1) is 0 Å². The Kier molecular flexibility index (Phi) is 6.85. The van der Waals surface area contributed by atoms with Gasteiger partial charge >= 0.3 is 0 Å². The van der Waals surface area contributed by atoms with Gasteiger partial charge in [-0.2, -0.15) is 11.8 Å². The van der Waals surface area contributed by atoms with Crippen LogP contribution in [-0.2, 0) is 0 Å². The summed E-state index contributed by atoms with van der Waals surface area (Å²) in [6.07, 6.45) is 3.85. The molecule has 0 saturated carbocycles. The summed E-state index contributed by atoms with van der Waals surface area (Å²) in [5.41, 5.74) is 6.36. The van der Waals surface area contributed by atoms with Gasteiger partial charge in [-0.3, -0.25) is 4.90 Å². The van der Waals surface area contributed by atoms with Gasteiger partial charge in [0.15, 0.2) is 0 Å². The zero-order valence-corrected chi connectivity index (χ0v) is 12.6. The maximum Gasteiger partial charge on any atom is 0.0422 e. The van der Waals surface area contributed by atoms with Crippen molar-refractivity contribution >= 4 is 11.8 Å². The van der Waals surface area contributed by atoms with Crippen molar-refractivity contribution in [2.24, 2.45) is 5.73 Å². The van der Waals surface area contributed by atoms with Crippen molar-refractivity contribution in [1.82, 2.24) is 9.80 Å². The molecule has 0 aromatic heterocycles. The highest BCUT2D eigenvalue weighted by molar-refractivity contribution is 7.99. The highest BCUT2D eigenvalue weighted by Gasteiger charge is 2.35. The summed E-state index contributed by atoms with van der Waals surface area (Å²) in [7, 11) is 4.29. The highest BCUT2D eigenvalue weighted by Crippen LogP contribution is 2.31. The molecule has 17 heavy (non-hydrogen) atoms. The van der Waals surface area contributed by atoms with Gasteiger partial charge in [0.25, 0.3) is 0 Å². The summed E-state index contributed by atoms with van der Waals surface area (Å²) in [5.74, 6) is 2.54. The van der Waals surface area contributed by atoms with Crippen molar-refractivity contribution in [3.8, 4) is 0 Å². The molecule has 0 radical (unpaired) electrons. The lowest BCUT2D eigenvalue weighted by Gasteiger charge is -2.45. The average Bonchev–Trinajstić information content (AvgIpc) is 2.35. The Morgan fingerprint density at radius 1 is 1.29 bits per heavy atom. The number of thioether (sulfide) groups is 1. The molecule has 1 unspecified atom stereocenters. The van der Waals surface area contributed by atoms with E-state index < -0.39 is 0 Å². The number of nitrogens with zero attached hydrogens (tertiary/aromatic N) is 2. The molecule has 1 saturated heterocycles. The van der Waals surface area contributed by atoms with Crippen LogP contribution < -0.4 is 5.73 Å². The van der Waals surface area contributed by atoms with Gasteiger partial charge in [0, 0.05) is 17.8 Å². The fraction of sp³-hybridized carbons (Fsp3) is 1.00. The molecule has 1 heterocycles. The van der Waals surface area contributed by atoms with Gasteiger partial charge in [0.05, 0.1) is 0 Å². The lowest BCUT2D eigenvalue weighted by atomic mass is 9.92. The first-order chi connectivity index (χ1) is 8.14. The fourth-order valence-corrected chi connectivity index (χ4v) is 4.00. The topological polar surface area (TPSA) is 32.5 Å². The summed E-state index contributed by atoms with van der Waals surface area (Å²) in [5, 5.41) is 0. The molecule has 0 amide bonds. The van der Waals surface area contributed by atoms with Crippen molar-refractivity contribution in [2.75, 3.05) is 51.8 Å². The largest absolute Gasteiger partial charge is 0.329 e. The second-order valence-electron chi connectivity index (χ2n) is 5.32. The third-order valence-electron chi connectivity index (χ3n) is 3.77. The van der Waals surface area contributed by atoms with E-state index in [4.69, 9.17) is 5.73 Å². The van der Waals surface area contributed by atoms with Crippen LogP contribution in [0.15, 0.2) is 0 Å². The minimum absolute atomic E-state index is 0.282. The molecule has 0 spiro atoms. The first-order valence-electron chi connectivity index (χ1n) is 6.82. The smallest absolute Gasteiger partial charge is 0.0422 e. The molecule has 1 aliphatic rings. The van der Waals surface area contributed by atoms with Crippen molar-refractivity contribution in [1.29, 1.82) is 0 Å². The van der Waals surface area contributed by atoms with Crippen LogP contribution in [0.5, 0.6) is 0 Å². The van der Waals surface area contributed by atoms with Crippen LogP contribution in [0.1, 0.15) is 26.2 Å². The normalized spacial score (nSPS) is 25.8. The molecule has 4 heteroatoms. The van der Waals surface area contributed by atoms with E-state index in [9.17, 15) is 0 Å². The Morgan fingerprint density at radius 3 is 2.53 bits per heavy atom.